The lowest BCUT2D eigenvalue weighted by Gasteiger charge is -2.41. The molecule has 0 bridgehead atoms. The van der Waals surface area contributed by atoms with Gasteiger partial charge in [-0.3, -0.25) is 0 Å². The van der Waals surface area contributed by atoms with Crippen molar-refractivity contribution < 1.29 is 26.7 Å². The molecule has 0 aromatic carbocycles. The molecule has 0 spiro atoms. The number of ether oxygens (including phenoxy) is 1. The highest BCUT2D eigenvalue weighted by atomic mass is 19.4. The van der Waals surface area contributed by atoms with Gasteiger partial charge in [-0.2, -0.15) is 13.2 Å². The van der Waals surface area contributed by atoms with Crippen molar-refractivity contribution in [1.29, 1.82) is 0 Å². The fourth-order valence-corrected chi connectivity index (χ4v) is 3.81. The molecule has 2 rings (SSSR count). The summed E-state index contributed by atoms with van der Waals surface area (Å²) in [6.07, 6.45) is -7.08. The van der Waals surface area contributed by atoms with E-state index in [0.29, 0.717) is 18.3 Å². The van der Waals surface area contributed by atoms with Crippen LogP contribution in [0.4, 0.5) is 22.0 Å². The van der Waals surface area contributed by atoms with Gasteiger partial charge in [0.25, 0.3) is 6.36 Å². The number of alkyl halides is 5. The van der Waals surface area contributed by atoms with Gasteiger partial charge in [0.05, 0.1) is 0 Å². The Balaban J connectivity index is 1.91. The summed E-state index contributed by atoms with van der Waals surface area (Å²) >= 11 is 0. The van der Waals surface area contributed by atoms with E-state index in [-0.39, 0.29) is 12.3 Å². The van der Waals surface area contributed by atoms with Crippen LogP contribution in [-0.4, -0.2) is 30.9 Å². The van der Waals surface area contributed by atoms with Crippen molar-refractivity contribution in [3.05, 3.63) is 0 Å². The van der Waals surface area contributed by atoms with Crippen molar-refractivity contribution in [3.63, 3.8) is 0 Å². The molecule has 130 valence electrons. The maximum absolute atomic E-state index is 14.2. The first-order valence-corrected chi connectivity index (χ1v) is 7.94. The topological polar surface area (TPSA) is 35.2 Å². The first-order valence-electron chi connectivity index (χ1n) is 7.94. The average Bonchev–Trinajstić information content (AvgIpc) is 2.42. The zero-order valence-corrected chi connectivity index (χ0v) is 12.7. The Bertz CT molecular complexity index is 344. The number of halogens is 5. The summed E-state index contributed by atoms with van der Waals surface area (Å²) in [5.41, 5.74) is 5.79. The summed E-state index contributed by atoms with van der Waals surface area (Å²) in [5.74, 6) is 1.09. The lowest BCUT2D eigenvalue weighted by Crippen LogP contribution is -2.52. The lowest BCUT2D eigenvalue weighted by atomic mass is 9.69. The number of hydrogen-bond acceptors (Lipinski definition) is 2. The molecule has 22 heavy (non-hydrogen) atoms. The number of hydrogen-bond donors (Lipinski definition) is 1. The smallest absolute Gasteiger partial charge is 0.333 e. The van der Waals surface area contributed by atoms with Crippen LogP contribution in [0.1, 0.15) is 45.4 Å². The molecule has 2 nitrogen and oxygen atoms in total. The Morgan fingerprint density at radius 2 is 1.64 bits per heavy atom. The molecule has 0 saturated heterocycles. The van der Waals surface area contributed by atoms with Crippen LogP contribution in [0.2, 0.25) is 0 Å². The summed E-state index contributed by atoms with van der Waals surface area (Å²) in [6.45, 7) is 2.18. The third-order valence-electron chi connectivity index (χ3n) is 5.14. The Hall–Kier alpha value is -0.430. The predicted octanol–water partition coefficient (Wildman–Crippen LogP) is 4.13. The van der Waals surface area contributed by atoms with Gasteiger partial charge in [-0.05, 0) is 43.4 Å². The molecular formula is C15H24F5NO. The van der Waals surface area contributed by atoms with Gasteiger partial charge in [0, 0.05) is 6.04 Å². The second-order valence-electron chi connectivity index (χ2n) is 6.89. The van der Waals surface area contributed by atoms with Gasteiger partial charge >= 0.3 is 6.18 Å². The average molecular weight is 329 g/mol. The standard InChI is InChI=1S/C15H24F5NO/c1-8-2-4-9(5-3-8)10-6-11(16)13(12(21)7-10)22-14(17)15(18,19)20/h8-14H,2-7,21H2,1H3. The van der Waals surface area contributed by atoms with Crippen LogP contribution in [0.15, 0.2) is 0 Å². The van der Waals surface area contributed by atoms with Crippen LogP contribution >= 0.6 is 0 Å². The molecule has 0 radical (unpaired) electrons. The SMILES string of the molecule is CC1CCC(C2CC(N)C(OC(F)C(F)(F)F)C(F)C2)CC1. The minimum atomic E-state index is -5.14. The maximum atomic E-state index is 14.2. The Morgan fingerprint density at radius 3 is 2.14 bits per heavy atom. The molecule has 2 fully saturated rings. The van der Waals surface area contributed by atoms with Gasteiger partial charge in [-0.15, -0.1) is 0 Å². The van der Waals surface area contributed by atoms with Gasteiger partial charge in [0.15, 0.2) is 0 Å². The van der Waals surface area contributed by atoms with E-state index in [1.165, 1.54) is 0 Å². The predicted molar refractivity (Wildman–Crippen MR) is 72.5 cm³/mol. The first-order chi connectivity index (χ1) is 10.2. The summed E-state index contributed by atoms with van der Waals surface area (Å²) in [5, 5.41) is 0. The first kappa shape index (κ1) is 17.9. The van der Waals surface area contributed by atoms with Crippen LogP contribution in [-0.2, 0) is 4.74 Å². The minimum absolute atomic E-state index is 0.0568. The lowest BCUT2D eigenvalue weighted by molar-refractivity contribution is -0.287. The van der Waals surface area contributed by atoms with E-state index in [2.05, 4.69) is 11.7 Å². The van der Waals surface area contributed by atoms with Crippen molar-refractivity contribution in [3.8, 4) is 0 Å². The van der Waals surface area contributed by atoms with Crippen molar-refractivity contribution in [2.75, 3.05) is 0 Å². The highest BCUT2D eigenvalue weighted by molar-refractivity contribution is 4.93. The van der Waals surface area contributed by atoms with Crippen LogP contribution in [0.25, 0.3) is 0 Å². The van der Waals surface area contributed by atoms with Crippen molar-refractivity contribution in [2.24, 2.45) is 23.5 Å². The van der Waals surface area contributed by atoms with Crippen LogP contribution < -0.4 is 5.73 Å². The van der Waals surface area contributed by atoms with Crippen molar-refractivity contribution in [2.45, 2.75) is 76.3 Å². The molecule has 0 heterocycles. The second-order valence-corrected chi connectivity index (χ2v) is 6.89. The van der Waals surface area contributed by atoms with Gasteiger partial charge in [0.2, 0.25) is 0 Å². The molecule has 0 aromatic heterocycles. The number of rotatable bonds is 3. The molecule has 5 unspecified atom stereocenters. The van der Waals surface area contributed by atoms with Gasteiger partial charge in [0.1, 0.15) is 12.3 Å². The molecule has 2 aliphatic carbocycles. The fraction of sp³-hybridized carbons (Fsp3) is 1.00. The zero-order chi connectivity index (χ0) is 16.5. The second kappa shape index (κ2) is 6.99. The molecule has 0 aromatic rings. The quantitative estimate of drug-likeness (QED) is 0.790. The molecule has 7 heteroatoms. The summed E-state index contributed by atoms with van der Waals surface area (Å²) < 4.78 is 68.0. The summed E-state index contributed by atoms with van der Waals surface area (Å²) in [7, 11) is 0. The van der Waals surface area contributed by atoms with Crippen LogP contribution in [0.3, 0.4) is 0 Å². The normalized spacial score (nSPS) is 42.1. The summed E-state index contributed by atoms with van der Waals surface area (Å²) in [4.78, 5) is 0. The van der Waals surface area contributed by atoms with E-state index in [0.717, 1.165) is 25.7 Å². The van der Waals surface area contributed by atoms with E-state index >= 15 is 0 Å². The van der Waals surface area contributed by atoms with E-state index in [1.54, 1.807) is 0 Å². The highest BCUT2D eigenvalue weighted by Crippen LogP contribution is 2.41. The van der Waals surface area contributed by atoms with Gasteiger partial charge in [-0.1, -0.05) is 19.8 Å². The maximum Gasteiger partial charge on any atom is 0.445 e. The molecule has 2 N–H and O–H groups in total. The molecule has 0 amide bonds. The minimum Gasteiger partial charge on any atom is -0.333 e. The summed E-state index contributed by atoms with van der Waals surface area (Å²) in [6, 6.07) is -0.895. The van der Waals surface area contributed by atoms with Gasteiger partial charge < -0.3 is 10.5 Å². The van der Waals surface area contributed by atoms with E-state index in [4.69, 9.17) is 5.73 Å². The molecule has 0 aliphatic heterocycles. The highest BCUT2D eigenvalue weighted by Gasteiger charge is 2.47. The molecule has 2 saturated carbocycles. The van der Waals surface area contributed by atoms with E-state index in [9.17, 15) is 22.0 Å². The molecule has 5 atom stereocenters. The van der Waals surface area contributed by atoms with Crippen molar-refractivity contribution in [1.82, 2.24) is 0 Å². The third-order valence-corrected chi connectivity index (χ3v) is 5.14. The van der Waals surface area contributed by atoms with Crippen molar-refractivity contribution >= 4 is 0 Å². The van der Waals surface area contributed by atoms with Gasteiger partial charge in [-0.25, -0.2) is 8.78 Å². The third kappa shape index (κ3) is 4.31. The Kier molecular flexibility index (Phi) is 5.69. The van der Waals surface area contributed by atoms with Crippen LogP contribution in [0, 0.1) is 17.8 Å². The Morgan fingerprint density at radius 1 is 1.05 bits per heavy atom. The van der Waals surface area contributed by atoms with E-state index < -0.39 is 30.9 Å². The van der Waals surface area contributed by atoms with E-state index in [1.807, 2.05) is 0 Å². The monoisotopic (exact) mass is 329 g/mol. The molecule has 2 aliphatic rings. The Labute approximate surface area is 127 Å². The molecular weight excluding hydrogens is 305 g/mol. The zero-order valence-electron chi connectivity index (χ0n) is 12.7. The fourth-order valence-electron chi connectivity index (χ4n) is 3.81. The largest absolute Gasteiger partial charge is 0.445 e. The van der Waals surface area contributed by atoms with Crippen LogP contribution in [0.5, 0.6) is 0 Å². The number of nitrogens with two attached hydrogens (primary N) is 1.